The topological polar surface area (TPSA) is 66.8 Å². The van der Waals surface area contributed by atoms with Gasteiger partial charge in [0.25, 0.3) is 11.7 Å². The lowest BCUT2D eigenvalue weighted by Crippen LogP contribution is -2.29. The number of benzene rings is 3. The maximum absolute atomic E-state index is 13.1. The molecule has 3 aromatic carbocycles. The number of hydrogen-bond acceptors (Lipinski definition) is 4. The Kier molecular flexibility index (Phi) is 6.42. The van der Waals surface area contributed by atoms with Crippen molar-refractivity contribution in [3.05, 3.63) is 106 Å². The molecule has 0 radical (unpaired) electrons. The molecule has 4 rings (SSSR count). The van der Waals surface area contributed by atoms with E-state index in [4.69, 9.17) is 4.74 Å². The van der Waals surface area contributed by atoms with Crippen molar-refractivity contribution in [2.75, 3.05) is 6.61 Å². The van der Waals surface area contributed by atoms with Crippen LogP contribution in [0.2, 0.25) is 0 Å². The highest BCUT2D eigenvalue weighted by Crippen LogP contribution is 2.41. The number of aliphatic hydroxyl groups excluding tert-OH is 1. The normalized spacial score (nSPS) is 17.6. The molecule has 1 amide bonds. The lowest BCUT2D eigenvalue weighted by Gasteiger charge is -2.25. The molecule has 0 spiro atoms. The predicted molar refractivity (Wildman–Crippen MR) is 126 cm³/mol. The fraction of sp³-hybridized carbons (Fsp3) is 0.154. The van der Waals surface area contributed by atoms with Crippen LogP contribution in [-0.2, 0) is 16.1 Å². The zero-order chi connectivity index (χ0) is 22.7. The van der Waals surface area contributed by atoms with Crippen molar-refractivity contribution in [2.24, 2.45) is 0 Å². The summed E-state index contributed by atoms with van der Waals surface area (Å²) in [5.41, 5.74) is 2.12. The number of Topliss-reactive ketones (excluding diaryl/α,β-unsaturated/α-hetero) is 1. The van der Waals surface area contributed by atoms with Crippen LogP contribution in [0.5, 0.6) is 5.75 Å². The Morgan fingerprint density at radius 1 is 1.00 bits per heavy atom. The van der Waals surface area contributed by atoms with Crippen LogP contribution in [-0.4, -0.2) is 28.3 Å². The summed E-state index contributed by atoms with van der Waals surface area (Å²) in [6.07, 6.45) is 0. The molecule has 1 fully saturated rings. The van der Waals surface area contributed by atoms with Gasteiger partial charge in [-0.05, 0) is 42.3 Å². The minimum absolute atomic E-state index is 0.0673. The van der Waals surface area contributed by atoms with Crippen LogP contribution in [0.1, 0.15) is 29.7 Å². The van der Waals surface area contributed by atoms with Gasteiger partial charge in [-0.15, -0.1) is 0 Å². The Balaban J connectivity index is 1.85. The van der Waals surface area contributed by atoms with Crippen LogP contribution in [0.4, 0.5) is 0 Å². The van der Waals surface area contributed by atoms with Gasteiger partial charge in [0.05, 0.1) is 18.2 Å². The quantitative estimate of drug-likeness (QED) is 0.282. The number of carbonyl (C=O) groups is 2. The number of amides is 1. The summed E-state index contributed by atoms with van der Waals surface area (Å²) >= 11 is 3.47. The second-order valence-corrected chi connectivity index (χ2v) is 8.34. The van der Waals surface area contributed by atoms with Crippen LogP contribution in [0.3, 0.4) is 0 Å². The Morgan fingerprint density at radius 2 is 1.75 bits per heavy atom. The van der Waals surface area contributed by atoms with Crippen molar-refractivity contribution in [3.8, 4) is 5.75 Å². The Hall–Kier alpha value is -3.38. The molecule has 1 saturated heterocycles. The van der Waals surface area contributed by atoms with Crippen molar-refractivity contribution < 1.29 is 19.4 Å². The molecule has 5 nitrogen and oxygen atoms in total. The maximum Gasteiger partial charge on any atom is 0.295 e. The van der Waals surface area contributed by atoms with Crippen LogP contribution < -0.4 is 4.74 Å². The maximum atomic E-state index is 13.1. The van der Waals surface area contributed by atoms with E-state index in [9.17, 15) is 14.7 Å². The number of ether oxygens (including phenoxy) is 1. The van der Waals surface area contributed by atoms with Gasteiger partial charge in [0.15, 0.2) is 0 Å². The number of hydrogen-bond donors (Lipinski definition) is 1. The first kappa shape index (κ1) is 21.8. The van der Waals surface area contributed by atoms with Gasteiger partial charge >= 0.3 is 0 Å². The summed E-state index contributed by atoms with van der Waals surface area (Å²) in [5, 5.41) is 11.2. The van der Waals surface area contributed by atoms with E-state index >= 15 is 0 Å². The molecule has 1 N–H and O–H groups in total. The first-order valence-electron chi connectivity index (χ1n) is 10.3. The van der Waals surface area contributed by atoms with E-state index in [2.05, 4.69) is 15.9 Å². The summed E-state index contributed by atoms with van der Waals surface area (Å²) in [4.78, 5) is 27.7. The SMILES string of the molecule is CCOc1cccc(/C(O)=C2\C(=O)C(=O)N(Cc3ccccc3)C2c2cccc(Br)c2)c1. The second-order valence-electron chi connectivity index (χ2n) is 7.43. The van der Waals surface area contributed by atoms with Crippen molar-refractivity contribution >= 4 is 33.4 Å². The average Bonchev–Trinajstić information content (AvgIpc) is 3.05. The van der Waals surface area contributed by atoms with E-state index in [-0.39, 0.29) is 17.9 Å². The number of rotatable bonds is 6. The molecule has 0 bridgehead atoms. The van der Waals surface area contributed by atoms with Crippen molar-refractivity contribution in [2.45, 2.75) is 19.5 Å². The molecule has 1 aliphatic rings. The van der Waals surface area contributed by atoms with E-state index in [1.54, 1.807) is 24.3 Å². The van der Waals surface area contributed by atoms with Gasteiger partial charge < -0.3 is 14.7 Å². The van der Waals surface area contributed by atoms with Crippen LogP contribution in [0.15, 0.2) is 88.9 Å². The number of ketones is 1. The predicted octanol–water partition coefficient (Wildman–Crippen LogP) is 5.47. The summed E-state index contributed by atoms with van der Waals surface area (Å²) in [6.45, 7) is 2.59. The smallest absolute Gasteiger partial charge is 0.295 e. The molecule has 0 aliphatic carbocycles. The highest BCUT2D eigenvalue weighted by atomic mass is 79.9. The minimum Gasteiger partial charge on any atom is -0.507 e. The Labute approximate surface area is 195 Å². The number of nitrogens with zero attached hydrogens (tertiary/aromatic N) is 1. The van der Waals surface area contributed by atoms with E-state index in [1.165, 1.54) is 4.90 Å². The third-order valence-corrected chi connectivity index (χ3v) is 5.81. The summed E-state index contributed by atoms with van der Waals surface area (Å²) in [6, 6.07) is 23.1. The molecule has 1 atom stereocenters. The minimum atomic E-state index is -0.719. The standard InChI is InChI=1S/C26H22BrNO4/c1-2-32-21-13-7-11-19(15-21)24(29)22-23(18-10-6-12-20(27)14-18)28(26(31)25(22)30)16-17-8-4-3-5-9-17/h3-15,23,29H,2,16H2,1H3/b24-22+. The van der Waals surface area contributed by atoms with E-state index in [0.717, 1.165) is 15.6 Å². The molecule has 162 valence electrons. The molecule has 3 aromatic rings. The second kappa shape index (κ2) is 9.40. The first-order chi connectivity index (χ1) is 15.5. The molecule has 1 unspecified atom stereocenters. The number of likely N-dealkylation sites (tertiary alicyclic amines) is 1. The lowest BCUT2D eigenvalue weighted by atomic mass is 9.95. The van der Waals surface area contributed by atoms with Crippen LogP contribution in [0, 0.1) is 0 Å². The van der Waals surface area contributed by atoms with Gasteiger partial charge in [0.1, 0.15) is 11.5 Å². The molecule has 0 aromatic heterocycles. The van der Waals surface area contributed by atoms with Crippen molar-refractivity contribution in [3.63, 3.8) is 0 Å². The van der Waals surface area contributed by atoms with Gasteiger partial charge in [-0.25, -0.2) is 0 Å². The number of carbonyl (C=O) groups excluding carboxylic acids is 2. The van der Waals surface area contributed by atoms with Gasteiger partial charge in [-0.3, -0.25) is 9.59 Å². The first-order valence-corrected chi connectivity index (χ1v) is 11.1. The monoisotopic (exact) mass is 491 g/mol. The summed E-state index contributed by atoms with van der Waals surface area (Å²) < 4.78 is 6.35. The molecule has 1 heterocycles. The molecule has 6 heteroatoms. The highest BCUT2D eigenvalue weighted by molar-refractivity contribution is 9.10. The van der Waals surface area contributed by atoms with Crippen LogP contribution in [0.25, 0.3) is 5.76 Å². The van der Waals surface area contributed by atoms with Crippen molar-refractivity contribution in [1.29, 1.82) is 0 Å². The van der Waals surface area contributed by atoms with Gasteiger partial charge in [-0.1, -0.05) is 70.5 Å². The number of halogens is 1. The van der Waals surface area contributed by atoms with E-state index in [1.807, 2.05) is 61.5 Å². The fourth-order valence-corrected chi connectivity index (χ4v) is 4.32. The zero-order valence-corrected chi connectivity index (χ0v) is 19.1. The summed E-state index contributed by atoms with van der Waals surface area (Å²) in [5.74, 6) is -0.980. The molecule has 32 heavy (non-hydrogen) atoms. The van der Waals surface area contributed by atoms with Gasteiger partial charge in [-0.2, -0.15) is 0 Å². The van der Waals surface area contributed by atoms with Gasteiger partial charge in [0.2, 0.25) is 0 Å². The third kappa shape index (κ3) is 4.32. The lowest BCUT2D eigenvalue weighted by molar-refractivity contribution is -0.140. The molecule has 1 aliphatic heterocycles. The summed E-state index contributed by atoms with van der Waals surface area (Å²) in [7, 11) is 0. The van der Waals surface area contributed by atoms with Crippen molar-refractivity contribution in [1.82, 2.24) is 4.90 Å². The van der Waals surface area contributed by atoms with E-state index in [0.29, 0.717) is 17.9 Å². The third-order valence-electron chi connectivity index (χ3n) is 5.32. The zero-order valence-electron chi connectivity index (χ0n) is 17.5. The highest BCUT2D eigenvalue weighted by Gasteiger charge is 2.46. The van der Waals surface area contributed by atoms with Gasteiger partial charge in [0, 0.05) is 16.6 Å². The van der Waals surface area contributed by atoms with E-state index < -0.39 is 17.7 Å². The number of aliphatic hydroxyl groups is 1. The fourth-order valence-electron chi connectivity index (χ4n) is 3.90. The average molecular weight is 492 g/mol. The molecular weight excluding hydrogens is 470 g/mol. The molecular formula is C26H22BrNO4. The Bertz CT molecular complexity index is 1190. The van der Waals surface area contributed by atoms with Crippen LogP contribution >= 0.6 is 15.9 Å². The largest absolute Gasteiger partial charge is 0.507 e. The molecule has 0 saturated carbocycles. The Morgan fingerprint density at radius 3 is 2.47 bits per heavy atom.